The molecule has 1 aliphatic rings. The molecular formula is C17H25F2N. The van der Waals surface area contributed by atoms with Gasteiger partial charge in [0.05, 0.1) is 0 Å². The highest BCUT2D eigenvalue weighted by atomic mass is 19.2. The summed E-state index contributed by atoms with van der Waals surface area (Å²) in [6.45, 7) is 5.17. The molecule has 112 valence electrons. The van der Waals surface area contributed by atoms with E-state index in [1.807, 2.05) is 0 Å². The Balaban J connectivity index is 2.07. The van der Waals surface area contributed by atoms with Crippen LogP contribution >= 0.6 is 0 Å². The van der Waals surface area contributed by atoms with Gasteiger partial charge in [-0.25, -0.2) is 8.78 Å². The van der Waals surface area contributed by atoms with Crippen molar-refractivity contribution in [3.8, 4) is 0 Å². The first-order valence-electron chi connectivity index (χ1n) is 7.60. The molecule has 0 atom stereocenters. The third-order valence-electron chi connectivity index (χ3n) is 5.03. The molecule has 1 aromatic carbocycles. The number of halogens is 2. The van der Waals surface area contributed by atoms with Gasteiger partial charge in [-0.15, -0.1) is 0 Å². The number of hydrogen-bond acceptors (Lipinski definition) is 1. The third kappa shape index (κ3) is 3.38. The van der Waals surface area contributed by atoms with Gasteiger partial charge in [-0.2, -0.15) is 0 Å². The van der Waals surface area contributed by atoms with E-state index in [9.17, 15) is 8.78 Å². The average molecular weight is 281 g/mol. The Kier molecular flexibility index (Phi) is 4.79. The van der Waals surface area contributed by atoms with E-state index in [0.717, 1.165) is 30.7 Å². The van der Waals surface area contributed by atoms with Crippen LogP contribution in [0, 0.1) is 28.9 Å². The van der Waals surface area contributed by atoms with Gasteiger partial charge in [-0.1, -0.05) is 19.9 Å². The zero-order valence-corrected chi connectivity index (χ0v) is 12.5. The Labute approximate surface area is 120 Å². The standard InChI is InChI=1S/C17H25F2N/c1-12(2)14-5-7-17(11-20,8-6-14)10-13-3-4-15(18)16(19)9-13/h3-4,9,12,14H,5-8,10-11,20H2,1-2H3. The summed E-state index contributed by atoms with van der Waals surface area (Å²) in [4.78, 5) is 0. The summed E-state index contributed by atoms with van der Waals surface area (Å²) in [5.41, 5.74) is 6.93. The van der Waals surface area contributed by atoms with Crippen LogP contribution in [0.25, 0.3) is 0 Å². The summed E-state index contributed by atoms with van der Waals surface area (Å²) in [5.74, 6) is -0.0433. The van der Waals surface area contributed by atoms with Crippen molar-refractivity contribution in [3.05, 3.63) is 35.4 Å². The minimum absolute atomic E-state index is 0.0651. The normalized spacial score (nSPS) is 27.0. The van der Waals surface area contributed by atoms with E-state index in [-0.39, 0.29) is 5.41 Å². The molecule has 0 amide bonds. The molecule has 0 radical (unpaired) electrons. The molecule has 1 nitrogen and oxygen atoms in total. The van der Waals surface area contributed by atoms with Gasteiger partial charge in [0, 0.05) is 0 Å². The van der Waals surface area contributed by atoms with Gasteiger partial charge in [-0.3, -0.25) is 0 Å². The Hall–Kier alpha value is -0.960. The van der Waals surface area contributed by atoms with Gasteiger partial charge < -0.3 is 5.73 Å². The van der Waals surface area contributed by atoms with Crippen LogP contribution in [0.5, 0.6) is 0 Å². The molecule has 20 heavy (non-hydrogen) atoms. The SMILES string of the molecule is CC(C)C1CCC(CN)(Cc2ccc(F)c(F)c2)CC1. The molecule has 1 aromatic rings. The highest BCUT2D eigenvalue weighted by Crippen LogP contribution is 2.43. The number of benzene rings is 1. The van der Waals surface area contributed by atoms with Crippen LogP contribution in [0.4, 0.5) is 8.78 Å². The maximum atomic E-state index is 13.3. The molecule has 0 aliphatic heterocycles. The van der Waals surface area contributed by atoms with Crippen LogP contribution < -0.4 is 5.73 Å². The molecule has 1 saturated carbocycles. The lowest BCUT2D eigenvalue weighted by Crippen LogP contribution is -2.37. The van der Waals surface area contributed by atoms with Crippen molar-refractivity contribution in [2.45, 2.75) is 46.0 Å². The fourth-order valence-corrected chi connectivity index (χ4v) is 3.45. The largest absolute Gasteiger partial charge is 0.330 e. The van der Waals surface area contributed by atoms with E-state index in [2.05, 4.69) is 13.8 Å². The van der Waals surface area contributed by atoms with E-state index in [0.29, 0.717) is 12.5 Å². The quantitative estimate of drug-likeness (QED) is 0.875. The molecule has 2 N–H and O–H groups in total. The van der Waals surface area contributed by atoms with Crippen LogP contribution in [0.2, 0.25) is 0 Å². The first kappa shape index (κ1) is 15.4. The summed E-state index contributed by atoms with van der Waals surface area (Å²) < 4.78 is 26.3. The van der Waals surface area contributed by atoms with Crippen LogP contribution in [0.3, 0.4) is 0 Å². The van der Waals surface area contributed by atoms with Crippen molar-refractivity contribution in [2.24, 2.45) is 23.0 Å². The van der Waals surface area contributed by atoms with Gasteiger partial charge in [-0.05, 0) is 73.6 Å². The van der Waals surface area contributed by atoms with Crippen LogP contribution in [0.1, 0.15) is 45.1 Å². The molecule has 1 fully saturated rings. The van der Waals surface area contributed by atoms with E-state index in [1.165, 1.54) is 25.0 Å². The molecule has 0 aromatic heterocycles. The highest BCUT2D eigenvalue weighted by molar-refractivity contribution is 5.19. The molecule has 2 rings (SSSR count). The topological polar surface area (TPSA) is 26.0 Å². The van der Waals surface area contributed by atoms with Crippen molar-refractivity contribution in [1.82, 2.24) is 0 Å². The first-order chi connectivity index (χ1) is 9.46. The average Bonchev–Trinajstić information content (AvgIpc) is 2.43. The number of hydrogen-bond donors (Lipinski definition) is 1. The highest BCUT2D eigenvalue weighted by Gasteiger charge is 2.35. The van der Waals surface area contributed by atoms with E-state index < -0.39 is 11.6 Å². The number of rotatable bonds is 4. The lowest BCUT2D eigenvalue weighted by molar-refractivity contribution is 0.132. The van der Waals surface area contributed by atoms with Crippen molar-refractivity contribution in [2.75, 3.05) is 6.54 Å². The van der Waals surface area contributed by atoms with Crippen LogP contribution in [-0.2, 0) is 6.42 Å². The Morgan fingerprint density at radius 3 is 2.35 bits per heavy atom. The maximum Gasteiger partial charge on any atom is 0.159 e. The van der Waals surface area contributed by atoms with Crippen molar-refractivity contribution >= 4 is 0 Å². The molecule has 0 heterocycles. The van der Waals surface area contributed by atoms with Gasteiger partial charge in [0.25, 0.3) is 0 Å². The minimum Gasteiger partial charge on any atom is -0.330 e. The molecule has 0 saturated heterocycles. The van der Waals surface area contributed by atoms with E-state index in [1.54, 1.807) is 6.07 Å². The molecule has 0 bridgehead atoms. The van der Waals surface area contributed by atoms with Gasteiger partial charge in [0.1, 0.15) is 0 Å². The zero-order valence-electron chi connectivity index (χ0n) is 12.5. The molecule has 3 heteroatoms. The second kappa shape index (κ2) is 6.21. The maximum absolute atomic E-state index is 13.3. The summed E-state index contributed by atoms with van der Waals surface area (Å²) in [7, 11) is 0. The van der Waals surface area contributed by atoms with E-state index in [4.69, 9.17) is 5.73 Å². The second-order valence-corrected chi connectivity index (χ2v) is 6.71. The van der Waals surface area contributed by atoms with Gasteiger partial charge in [0.2, 0.25) is 0 Å². The predicted molar refractivity (Wildman–Crippen MR) is 78.3 cm³/mol. The smallest absolute Gasteiger partial charge is 0.159 e. The Morgan fingerprint density at radius 2 is 1.85 bits per heavy atom. The molecular weight excluding hydrogens is 256 g/mol. The van der Waals surface area contributed by atoms with Crippen molar-refractivity contribution in [1.29, 1.82) is 0 Å². The summed E-state index contributed by atoms with van der Waals surface area (Å²) >= 11 is 0. The summed E-state index contributed by atoms with van der Waals surface area (Å²) in [6.07, 6.45) is 5.32. The Bertz CT molecular complexity index is 448. The Morgan fingerprint density at radius 1 is 1.20 bits per heavy atom. The van der Waals surface area contributed by atoms with E-state index >= 15 is 0 Å². The minimum atomic E-state index is -0.779. The molecule has 0 unspecified atom stereocenters. The molecule has 0 spiro atoms. The lowest BCUT2D eigenvalue weighted by atomic mass is 9.65. The second-order valence-electron chi connectivity index (χ2n) is 6.71. The predicted octanol–water partition coefficient (Wildman–Crippen LogP) is 4.30. The first-order valence-corrected chi connectivity index (χ1v) is 7.60. The summed E-state index contributed by atoms with van der Waals surface area (Å²) in [6, 6.07) is 4.22. The van der Waals surface area contributed by atoms with Gasteiger partial charge in [0.15, 0.2) is 11.6 Å². The fraction of sp³-hybridized carbons (Fsp3) is 0.647. The number of nitrogens with two attached hydrogens (primary N) is 1. The fourth-order valence-electron chi connectivity index (χ4n) is 3.45. The molecule has 1 aliphatic carbocycles. The zero-order chi connectivity index (χ0) is 14.8. The third-order valence-corrected chi connectivity index (χ3v) is 5.03. The lowest BCUT2D eigenvalue weighted by Gasteiger charge is -2.41. The van der Waals surface area contributed by atoms with Crippen molar-refractivity contribution in [3.63, 3.8) is 0 Å². The van der Waals surface area contributed by atoms with Crippen LogP contribution in [0.15, 0.2) is 18.2 Å². The summed E-state index contributed by atoms with van der Waals surface area (Å²) in [5, 5.41) is 0. The van der Waals surface area contributed by atoms with Crippen molar-refractivity contribution < 1.29 is 8.78 Å². The van der Waals surface area contributed by atoms with Crippen LogP contribution in [-0.4, -0.2) is 6.54 Å². The monoisotopic (exact) mass is 281 g/mol. The van der Waals surface area contributed by atoms with Gasteiger partial charge >= 0.3 is 0 Å².